The summed E-state index contributed by atoms with van der Waals surface area (Å²) in [5.41, 5.74) is 1.43. The Morgan fingerprint density at radius 3 is 3.04 bits per heavy atom. The molecule has 3 heterocycles. The van der Waals surface area contributed by atoms with Crippen LogP contribution in [0, 0.1) is 0 Å². The van der Waals surface area contributed by atoms with E-state index in [9.17, 15) is 4.79 Å². The van der Waals surface area contributed by atoms with Gasteiger partial charge in [0, 0.05) is 23.0 Å². The van der Waals surface area contributed by atoms with Gasteiger partial charge in [0.05, 0.1) is 18.0 Å². The quantitative estimate of drug-likeness (QED) is 0.434. The molecule has 1 atom stereocenters. The average molecular weight is 383 g/mol. The van der Waals surface area contributed by atoms with E-state index >= 15 is 0 Å². The van der Waals surface area contributed by atoms with Gasteiger partial charge in [0.1, 0.15) is 4.83 Å². The second-order valence-electron chi connectivity index (χ2n) is 6.32. The highest BCUT2D eigenvalue weighted by Crippen LogP contribution is 2.35. The van der Waals surface area contributed by atoms with Crippen molar-refractivity contribution in [2.45, 2.75) is 49.9 Å². The molecule has 130 valence electrons. The van der Waals surface area contributed by atoms with Crippen LogP contribution in [0.3, 0.4) is 0 Å². The Morgan fingerprint density at radius 1 is 1.33 bits per heavy atom. The summed E-state index contributed by atoms with van der Waals surface area (Å²) in [6.45, 7) is 1.46. The largest absolute Gasteiger partial charge is 0.376 e. The number of thiophene rings is 1. The van der Waals surface area contributed by atoms with Gasteiger partial charge < -0.3 is 4.74 Å². The molecule has 0 saturated carbocycles. The van der Waals surface area contributed by atoms with E-state index in [-0.39, 0.29) is 11.7 Å². The number of thioether (sulfide) groups is 2. The summed E-state index contributed by atoms with van der Waals surface area (Å²) >= 11 is 5.27. The number of fused-ring (bicyclic) bond motifs is 3. The first-order chi connectivity index (χ1) is 11.8. The Balaban J connectivity index is 1.76. The van der Waals surface area contributed by atoms with Gasteiger partial charge in [0.15, 0.2) is 5.16 Å². The first-order valence-corrected chi connectivity index (χ1v) is 11.8. The van der Waals surface area contributed by atoms with E-state index in [1.54, 1.807) is 23.1 Å². The lowest BCUT2D eigenvalue weighted by Gasteiger charge is -2.15. The van der Waals surface area contributed by atoms with Crippen LogP contribution < -0.4 is 5.56 Å². The molecule has 1 fully saturated rings. The summed E-state index contributed by atoms with van der Waals surface area (Å²) in [6.07, 6.45) is 7.72. The fraction of sp³-hybridized carbons (Fsp3) is 0.647. The monoisotopic (exact) mass is 382 g/mol. The van der Waals surface area contributed by atoms with Crippen LogP contribution in [0.5, 0.6) is 0 Å². The highest BCUT2D eigenvalue weighted by atomic mass is 32.2. The van der Waals surface area contributed by atoms with E-state index < -0.39 is 0 Å². The van der Waals surface area contributed by atoms with Crippen LogP contribution >= 0.6 is 34.9 Å². The predicted octanol–water partition coefficient (Wildman–Crippen LogP) is 3.58. The Morgan fingerprint density at radius 2 is 2.25 bits per heavy atom. The molecular weight excluding hydrogens is 360 g/mol. The molecule has 1 saturated heterocycles. The molecule has 0 bridgehead atoms. The highest BCUT2D eigenvalue weighted by molar-refractivity contribution is 8.02. The second kappa shape index (κ2) is 7.40. The number of aromatic nitrogens is 2. The van der Waals surface area contributed by atoms with E-state index in [1.165, 1.54) is 16.9 Å². The minimum absolute atomic E-state index is 0.154. The van der Waals surface area contributed by atoms with Crippen molar-refractivity contribution < 1.29 is 4.74 Å². The maximum absolute atomic E-state index is 13.2. The van der Waals surface area contributed by atoms with Crippen LogP contribution in [-0.4, -0.2) is 40.0 Å². The number of rotatable bonds is 6. The Bertz CT molecular complexity index is 793. The van der Waals surface area contributed by atoms with Gasteiger partial charge in [-0.2, -0.15) is 11.8 Å². The zero-order chi connectivity index (χ0) is 16.5. The van der Waals surface area contributed by atoms with Crippen molar-refractivity contribution in [1.82, 2.24) is 9.55 Å². The van der Waals surface area contributed by atoms with Crippen molar-refractivity contribution >= 4 is 45.1 Å². The lowest BCUT2D eigenvalue weighted by atomic mass is 10.2. The molecule has 0 N–H and O–H groups in total. The molecule has 0 unspecified atom stereocenters. The van der Waals surface area contributed by atoms with Gasteiger partial charge in [-0.3, -0.25) is 9.36 Å². The minimum Gasteiger partial charge on any atom is -0.376 e. The molecule has 4 nitrogen and oxygen atoms in total. The number of aryl methyl sites for hydroxylation is 2. The molecule has 2 aromatic rings. The number of hydrogen-bond donors (Lipinski definition) is 0. The molecule has 2 aromatic heterocycles. The van der Waals surface area contributed by atoms with Gasteiger partial charge in [0.2, 0.25) is 0 Å². The minimum atomic E-state index is 0.154. The summed E-state index contributed by atoms with van der Waals surface area (Å²) < 4.78 is 7.68. The van der Waals surface area contributed by atoms with Crippen LogP contribution in [0.2, 0.25) is 0 Å². The van der Waals surface area contributed by atoms with Crippen molar-refractivity contribution in [2.75, 3.05) is 24.4 Å². The zero-order valence-corrected chi connectivity index (χ0v) is 16.3. The molecule has 24 heavy (non-hydrogen) atoms. The summed E-state index contributed by atoms with van der Waals surface area (Å²) in [7, 11) is 0. The van der Waals surface area contributed by atoms with Crippen molar-refractivity contribution in [3.63, 3.8) is 0 Å². The van der Waals surface area contributed by atoms with E-state index in [0.717, 1.165) is 59.2 Å². The van der Waals surface area contributed by atoms with Gasteiger partial charge in [-0.05, 0) is 43.9 Å². The highest BCUT2D eigenvalue weighted by Gasteiger charge is 2.25. The van der Waals surface area contributed by atoms with Crippen LogP contribution in [-0.2, 0) is 24.1 Å². The second-order valence-corrected chi connectivity index (χ2v) is 9.46. The van der Waals surface area contributed by atoms with Crippen LogP contribution in [0.1, 0.15) is 29.7 Å². The van der Waals surface area contributed by atoms with E-state index in [1.807, 2.05) is 16.3 Å². The van der Waals surface area contributed by atoms with Gasteiger partial charge in [-0.15, -0.1) is 11.3 Å². The first kappa shape index (κ1) is 16.9. The normalized spacial score (nSPS) is 20.1. The van der Waals surface area contributed by atoms with E-state index in [4.69, 9.17) is 9.72 Å². The first-order valence-electron chi connectivity index (χ1n) is 8.56. The third-order valence-corrected chi connectivity index (χ3v) is 7.75. The molecule has 7 heteroatoms. The predicted molar refractivity (Wildman–Crippen MR) is 104 cm³/mol. The molecule has 0 aromatic carbocycles. The smallest absolute Gasteiger partial charge is 0.263 e. The van der Waals surface area contributed by atoms with E-state index in [0.29, 0.717) is 6.54 Å². The van der Waals surface area contributed by atoms with Gasteiger partial charge in [0.25, 0.3) is 5.56 Å². The zero-order valence-electron chi connectivity index (χ0n) is 13.9. The Hall–Kier alpha value is -0.500. The van der Waals surface area contributed by atoms with Crippen LogP contribution in [0.4, 0.5) is 0 Å². The fourth-order valence-corrected chi connectivity index (χ4v) is 6.50. The van der Waals surface area contributed by atoms with Crippen molar-refractivity contribution in [3.8, 4) is 0 Å². The standard InChI is InChI=1S/C17H22N2O2S3/c1-22-8-9-23-17-18-15-14(12-5-2-6-13(12)24-15)16(20)19(17)10-11-4-3-7-21-11/h11H,2-10H2,1H3/t11-/m0/s1. The third-order valence-electron chi connectivity index (χ3n) is 4.72. The number of nitrogens with zero attached hydrogens (tertiary/aromatic N) is 2. The number of hydrogen-bond acceptors (Lipinski definition) is 6. The Kier molecular flexibility index (Phi) is 5.22. The molecule has 2 aliphatic rings. The average Bonchev–Trinajstić information content (AvgIpc) is 3.27. The van der Waals surface area contributed by atoms with Crippen LogP contribution in [0.25, 0.3) is 10.2 Å². The third kappa shape index (κ3) is 3.16. The molecule has 0 amide bonds. The maximum Gasteiger partial charge on any atom is 0.263 e. The fourth-order valence-electron chi connectivity index (χ4n) is 3.54. The van der Waals surface area contributed by atoms with Crippen LogP contribution in [0.15, 0.2) is 9.95 Å². The molecule has 4 rings (SSSR count). The summed E-state index contributed by atoms with van der Waals surface area (Å²) in [6, 6.07) is 0. The summed E-state index contributed by atoms with van der Waals surface area (Å²) in [4.78, 5) is 20.5. The molecule has 0 spiro atoms. The lowest BCUT2D eigenvalue weighted by Crippen LogP contribution is -2.29. The molecule has 1 aliphatic heterocycles. The van der Waals surface area contributed by atoms with Gasteiger partial charge in [-0.25, -0.2) is 4.98 Å². The van der Waals surface area contributed by atoms with Gasteiger partial charge in [-0.1, -0.05) is 11.8 Å². The molecular formula is C17H22N2O2S3. The summed E-state index contributed by atoms with van der Waals surface area (Å²) in [5.74, 6) is 2.05. The summed E-state index contributed by atoms with van der Waals surface area (Å²) in [5, 5.41) is 1.76. The molecule has 1 aliphatic carbocycles. The Labute approximate surface area is 154 Å². The van der Waals surface area contributed by atoms with Crippen molar-refractivity contribution in [1.29, 1.82) is 0 Å². The van der Waals surface area contributed by atoms with E-state index in [2.05, 4.69) is 6.26 Å². The maximum atomic E-state index is 13.2. The topological polar surface area (TPSA) is 44.1 Å². The SMILES string of the molecule is CSCCSc1nc2sc3c(c2c(=O)n1C[C@@H]1CCCO1)CCC3. The van der Waals surface area contributed by atoms with Crippen molar-refractivity contribution in [3.05, 3.63) is 20.8 Å². The molecule has 0 radical (unpaired) electrons. The van der Waals surface area contributed by atoms with Gasteiger partial charge >= 0.3 is 0 Å². The number of ether oxygens (including phenoxy) is 1. The van der Waals surface area contributed by atoms with Crippen molar-refractivity contribution in [2.24, 2.45) is 0 Å². The lowest BCUT2D eigenvalue weighted by molar-refractivity contribution is 0.0937.